The number of nitrogens with zero attached hydrogens (tertiary/aromatic N) is 1. The van der Waals surface area contributed by atoms with Crippen LogP contribution in [0.4, 0.5) is 0 Å². The first-order chi connectivity index (χ1) is 8.65. The zero-order valence-corrected chi connectivity index (χ0v) is 12.3. The van der Waals surface area contributed by atoms with Crippen LogP contribution in [0.25, 0.3) is 0 Å². The summed E-state index contributed by atoms with van der Waals surface area (Å²) in [4.78, 5) is 2.37. The number of nitrogens with one attached hydrogen (secondary N) is 1. The van der Waals surface area contributed by atoms with Crippen molar-refractivity contribution in [3.8, 4) is 0 Å². The molecule has 1 aliphatic heterocycles. The molecule has 0 amide bonds. The van der Waals surface area contributed by atoms with Crippen molar-refractivity contribution in [3.63, 3.8) is 0 Å². The zero-order chi connectivity index (χ0) is 13.0. The Morgan fingerprint density at radius 3 is 2.89 bits per heavy atom. The first-order valence-electron chi connectivity index (χ1n) is 7.68. The Bertz CT molecular complexity index is 245. The molecule has 1 saturated heterocycles. The van der Waals surface area contributed by atoms with Crippen LogP contribution in [0.2, 0.25) is 0 Å². The van der Waals surface area contributed by atoms with Crippen LogP contribution < -0.4 is 5.32 Å². The van der Waals surface area contributed by atoms with Gasteiger partial charge < -0.3 is 15.0 Å². The normalized spacial score (nSPS) is 35.0. The number of morpholine rings is 1. The highest BCUT2D eigenvalue weighted by atomic mass is 16.5. The van der Waals surface area contributed by atoms with Crippen LogP contribution in [-0.4, -0.2) is 50.3 Å². The quantitative estimate of drug-likeness (QED) is 0.832. The van der Waals surface area contributed by atoms with Gasteiger partial charge in [-0.05, 0) is 31.7 Å². The van der Waals surface area contributed by atoms with Crippen LogP contribution in [0.5, 0.6) is 0 Å². The summed E-state index contributed by atoms with van der Waals surface area (Å²) < 4.78 is 5.81. The summed E-state index contributed by atoms with van der Waals surface area (Å²) in [5.41, 5.74) is 0. The second kappa shape index (κ2) is 6.88. The fourth-order valence-corrected chi connectivity index (χ4v) is 3.31. The number of hydrogen-bond donors (Lipinski definition) is 1. The van der Waals surface area contributed by atoms with Crippen molar-refractivity contribution in [1.82, 2.24) is 10.2 Å². The molecule has 0 aromatic carbocycles. The van der Waals surface area contributed by atoms with Gasteiger partial charge in [0.1, 0.15) is 0 Å². The first-order valence-corrected chi connectivity index (χ1v) is 7.68. The summed E-state index contributed by atoms with van der Waals surface area (Å²) >= 11 is 0. The van der Waals surface area contributed by atoms with Crippen molar-refractivity contribution in [2.75, 3.05) is 33.3 Å². The maximum absolute atomic E-state index is 5.81. The van der Waals surface area contributed by atoms with Gasteiger partial charge in [-0.15, -0.1) is 0 Å². The molecule has 0 aromatic rings. The van der Waals surface area contributed by atoms with Crippen LogP contribution in [0, 0.1) is 11.8 Å². The van der Waals surface area contributed by atoms with Crippen LogP contribution in [-0.2, 0) is 4.74 Å². The lowest BCUT2D eigenvalue weighted by molar-refractivity contribution is -0.0202. The van der Waals surface area contributed by atoms with Gasteiger partial charge in [0.05, 0.1) is 12.7 Å². The SMILES string of the molecule is CC(C)C1CCCC(NCC2CN(C)CCO2)C1. The van der Waals surface area contributed by atoms with Crippen molar-refractivity contribution < 1.29 is 4.74 Å². The van der Waals surface area contributed by atoms with E-state index in [-0.39, 0.29) is 0 Å². The Labute approximate surface area is 112 Å². The van der Waals surface area contributed by atoms with Gasteiger partial charge in [-0.3, -0.25) is 0 Å². The molecule has 3 atom stereocenters. The Morgan fingerprint density at radius 1 is 1.33 bits per heavy atom. The van der Waals surface area contributed by atoms with Crippen LogP contribution in [0.1, 0.15) is 39.5 Å². The van der Waals surface area contributed by atoms with Gasteiger partial charge in [-0.1, -0.05) is 26.7 Å². The lowest BCUT2D eigenvalue weighted by atomic mass is 9.79. The maximum atomic E-state index is 5.81. The monoisotopic (exact) mass is 254 g/mol. The summed E-state index contributed by atoms with van der Waals surface area (Å²) in [7, 11) is 2.19. The molecule has 106 valence electrons. The van der Waals surface area contributed by atoms with E-state index in [4.69, 9.17) is 4.74 Å². The second-order valence-electron chi connectivity index (χ2n) is 6.53. The van der Waals surface area contributed by atoms with Gasteiger partial charge in [-0.25, -0.2) is 0 Å². The number of hydrogen-bond acceptors (Lipinski definition) is 3. The Morgan fingerprint density at radius 2 is 2.17 bits per heavy atom. The van der Waals surface area contributed by atoms with E-state index in [9.17, 15) is 0 Å². The molecule has 1 heterocycles. The molecule has 1 N–H and O–H groups in total. The number of likely N-dealkylation sites (N-methyl/N-ethyl adjacent to an activating group) is 1. The standard InChI is InChI=1S/C15H30N2O/c1-12(2)13-5-4-6-14(9-13)16-10-15-11-17(3)7-8-18-15/h12-16H,4-11H2,1-3H3. The highest BCUT2D eigenvalue weighted by Gasteiger charge is 2.25. The average molecular weight is 254 g/mol. The molecule has 2 fully saturated rings. The zero-order valence-electron chi connectivity index (χ0n) is 12.3. The smallest absolute Gasteiger partial charge is 0.0826 e. The summed E-state index contributed by atoms with van der Waals surface area (Å²) in [6.45, 7) is 8.81. The Hall–Kier alpha value is -0.120. The van der Waals surface area contributed by atoms with E-state index >= 15 is 0 Å². The lowest BCUT2D eigenvalue weighted by Gasteiger charge is -2.35. The van der Waals surface area contributed by atoms with Gasteiger partial charge in [-0.2, -0.15) is 0 Å². The third-order valence-electron chi connectivity index (χ3n) is 4.63. The van der Waals surface area contributed by atoms with Crippen LogP contribution >= 0.6 is 0 Å². The van der Waals surface area contributed by atoms with Gasteiger partial charge in [0.2, 0.25) is 0 Å². The van der Waals surface area contributed by atoms with E-state index in [1.807, 2.05) is 0 Å². The van der Waals surface area contributed by atoms with E-state index < -0.39 is 0 Å². The highest BCUT2D eigenvalue weighted by molar-refractivity contribution is 4.81. The number of rotatable bonds is 4. The number of ether oxygens (including phenoxy) is 1. The van der Waals surface area contributed by atoms with Gasteiger partial charge in [0.15, 0.2) is 0 Å². The minimum atomic E-state index is 0.392. The van der Waals surface area contributed by atoms with Crippen molar-refractivity contribution in [2.24, 2.45) is 11.8 Å². The summed E-state index contributed by atoms with van der Waals surface area (Å²) in [6, 6.07) is 0.724. The van der Waals surface area contributed by atoms with Gasteiger partial charge >= 0.3 is 0 Å². The van der Waals surface area contributed by atoms with E-state index in [2.05, 4.69) is 31.1 Å². The van der Waals surface area contributed by atoms with Gasteiger partial charge in [0.25, 0.3) is 0 Å². The maximum Gasteiger partial charge on any atom is 0.0826 e. The molecule has 0 bridgehead atoms. The van der Waals surface area contributed by atoms with E-state index in [0.717, 1.165) is 44.1 Å². The third kappa shape index (κ3) is 4.22. The highest BCUT2D eigenvalue weighted by Crippen LogP contribution is 2.29. The molecule has 0 spiro atoms. The predicted molar refractivity (Wildman–Crippen MR) is 75.8 cm³/mol. The van der Waals surface area contributed by atoms with Crippen molar-refractivity contribution in [3.05, 3.63) is 0 Å². The average Bonchev–Trinajstić information content (AvgIpc) is 2.37. The fourth-order valence-electron chi connectivity index (χ4n) is 3.31. The molecular formula is C15H30N2O. The molecule has 2 rings (SSSR count). The van der Waals surface area contributed by atoms with Crippen molar-refractivity contribution in [2.45, 2.75) is 51.7 Å². The fraction of sp³-hybridized carbons (Fsp3) is 1.00. The topological polar surface area (TPSA) is 24.5 Å². The molecule has 3 heteroatoms. The summed E-state index contributed by atoms with van der Waals surface area (Å²) in [5.74, 6) is 1.76. The predicted octanol–water partition coefficient (Wildman–Crippen LogP) is 2.12. The Balaban J connectivity index is 1.69. The second-order valence-corrected chi connectivity index (χ2v) is 6.53. The van der Waals surface area contributed by atoms with E-state index in [1.165, 1.54) is 25.7 Å². The van der Waals surface area contributed by atoms with Crippen LogP contribution in [0.3, 0.4) is 0 Å². The molecule has 2 aliphatic rings. The molecule has 0 radical (unpaired) electrons. The van der Waals surface area contributed by atoms with E-state index in [0.29, 0.717) is 6.10 Å². The Kier molecular flexibility index (Phi) is 5.46. The molecule has 1 saturated carbocycles. The van der Waals surface area contributed by atoms with E-state index in [1.54, 1.807) is 0 Å². The first kappa shape index (κ1) is 14.3. The van der Waals surface area contributed by atoms with Crippen molar-refractivity contribution >= 4 is 0 Å². The lowest BCUT2D eigenvalue weighted by Crippen LogP contribution is -2.47. The molecule has 1 aliphatic carbocycles. The summed E-state index contributed by atoms with van der Waals surface area (Å²) in [5, 5.41) is 3.75. The molecular weight excluding hydrogens is 224 g/mol. The van der Waals surface area contributed by atoms with Gasteiger partial charge in [0, 0.05) is 25.7 Å². The molecule has 18 heavy (non-hydrogen) atoms. The molecule has 3 nitrogen and oxygen atoms in total. The molecule has 3 unspecified atom stereocenters. The molecule has 0 aromatic heterocycles. The minimum Gasteiger partial charge on any atom is -0.374 e. The van der Waals surface area contributed by atoms with Crippen molar-refractivity contribution in [1.29, 1.82) is 0 Å². The largest absolute Gasteiger partial charge is 0.374 e. The summed E-state index contributed by atoms with van der Waals surface area (Å²) in [6.07, 6.45) is 5.93. The third-order valence-corrected chi connectivity index (χ3v) is 4.63. The van der Waals surface area contributed by atoms with Crippen LogP contribution in [0.15, 0.2) is 0 Å². The minimum absolute atomic E-state index is 0.392.